The Balaban J connectivity index is 1.43. The molecule has 1 aromatic carbocycles. The van der Waals surface area contributed by atoms with Crippen LogP contribution in [0.25, 0.3) is 0 Å². The van der Waals surface area contributed by atoms with Gasteiger partial charge in [-0.2, -0.15) is 5.26 Å². The topological polar surface area (TPSA) is 99.1 Å². The maximum Gasteiger partial charge on any atom is 0.319 e. The molecular weight excluding hydrogens is 534 g/mol. The van der Waals surface area contributed by atoms with Crippen LogP contribution in [0.3, 0.4) is 0 Å². The summed E-state index contributed by atoms with van der Waals surface area (Å²) < 4.78 is 0. The number of carbonyl (C=O) groups is 3. The lowest BCUT2D eigenvalue weighted by Crippen LogP contribution is -2.70. The number of urea groups is 1. The minimum absolute atomic E-state index is 0.0127. The number of nitrogens with zero attached hydrogens (tertiary/aromatic N) is 1. The molecule has 0 heterocycles. The van der Waals surface area contributed by atoms with Gasteiger partial charge in [0.05, 0.1) is 5.57 Å². The molecule has 43 heavy (non-hydrogen) atoms. The summed E-state index contributed by atoms with van der Waals surface area (Å²) in [5.74, 6) is -0.116. The van der Waals surface area contributed by atoms with Gasteiger partial charge >= 0.3 is 6.03 Å². The zero-order valence-electron chi connectivity index (χ0n) is 26.9. The molecule has 228 valence electrons. The Kier molecular flexibility index (Phi) is 6.53. The molecule has 7 atom stereocenters. The van der Waals surface area contributed by atoms with Crippen molar-refractivity contribution in [3.8, 4) is 6.07 Å². The van der Waals surface area contributed by atoms with E-state index in [0.717, 1.165) is 56.2 Å². The van der Waals surface area contributed by atoms with Crippen LogP contribution in [-0.2, 0) is 9.59 Å². The Bertz CT molecular complexity index is 1500. The van der Waals surface area contributed by atoms with E-state index < -0.39 is 16.4 Å². The minimum atomic E-state index is -0.678. The maximum atomic E-state index is 14.7. The van der Waals surface area contributed by atoms with Crippen LogP contribution in [0.2, 0.25) is 0 Å². The zero-order valence-corrected chi connectivity index (χ0v) is 26.9. The molecule has 6 rings (SSSR count). The van der Waals surface area contributed by atoms with E-state index in [-0.39, 0.29) is 57.2 Å². The summed E-state index contributed by atoms with van der Waals surface area (Å²) in [4.78, 5) is 41.4. The van der Waals surface area contributed by atoms with E-state index in [1.54, 1.807) is 0 Å². The summed E-state index contributed by atoms with van der Waals surface area (Å²) in [6, 6.07) is 11.5. The lowest BCUT2D eigenvalue weighted by Gasteiger charge is -2.69. The normalized spacial score (nSPS) is 40.7. The number of benzene rings is 1. The van der Waals surface area contributed by atoms with Crippen LogP contribution in [0.4, 0.5) is 10.5 Å². The first-order chi connectivity index (χ1) is 20.0. The number of rotatable bonds is 2. The van der Waals surface area contributed by atoms with Crippen LogP contribution >= 0.6 is 0 Å². The lowest BCUT2D eigenvalue weighted by atomic mass is 9.35. The smallest absolute Gasteiger partial charge is 0.319 e. The molecule has 0 bridgehead atoms. The Morgan fingerprint density at radius 3 is 2.28 bits per heavy atom. The highest BCUT2D eigenvalue weighted by atomic mass is 16.2. The number of anilines is 1. The number of Topliss-reactive ketones (excluding diaryl/α,β-unsaturated/α-hetero) is 1. The third kappa shape index (κ3) is 4.13. The van der Waals surface area contributed by atoms with Gasteiger partial charge in [-0.15, -0.1) is 0 Å². The SMILES string of the molecule is CC1(C)CCC2(NC(=O)Nc3ccccc3)CC[C@]3(C)C(C(=O)C=C4[C@@]5(C)C=C(C#N)C(=O)C(C)(C)[C@@H]5CC[C@]43C)C2C1. The molecule has 5 aliphatic rings. The number of amides is 2. The van der Waals surface area contributed by atoms with Crippen molar-refractivity contribution < 1.29 is 14.4 Å². The highest BCUT2D eigenvalue weighted by molar-refractivity contribution is 6.04. The zero-order chi connectivity index (χ0) is 31.2. The monoisotopic (exact) mass is 581 g/mol. The van der Waals surface area contributed by atoms with Gasteiger partial charge in [-0.25, -0.2) is 4.79 Å². The summed E-state index contributed by atoms with van der Waals surface area (Å²) in [6.45, 7) is 15.4. The van der Waals surface area contributed by atoms with Gasteiger partial charge in [0.2, 0.25) is 0 Å². The van der Waals surface area contributed by atoms with Gasteiger partial charge in [0, 0.05) is 28.0 Å². The van der Waals surface area contributed by atoms with Gasteiger partial charge in [-0.3, -0.25) is 9.59 Å². The van der Waals surface area contributed by atoms with Crippen LogP contribution in [0.1, 0.15) is 93.4 Å². The van der Waals surface area contributed by atoms with Crippen LogP contribution in [0.15, 0.2) is 53.6 Å². The molecule has 0 spiro atoms. The van der Waals surface area contributed by atoms with Gasteiger partial charge in [-0.1, -0.05) is 78.3 Å². The van der Waals surface area contributed by atoms with Crippen LogP contribution in [0, 0.1) is 56.2 Å². The second kappa shape index (κ2) is 9.40. The number of para-hydroxylation sites is 1. The molecule has 5 aliphatic carbocycles. The van der Waals surface area contributed by atoms with Gasteiger partial charge in [0.1, 0.15) is 6.07 Å². The lowest BCUT2D eigenvalue weighted by molar-refractivity contribution is -0.160. The molecule has 0 aromatic heterocycles. The molecule has 3 unspecified atom stereocenters. The van der Waals surface area contributed by atoms with Crippen molar-refractivity contribution in [2.45, 2.75) is 99.0 Å². The standard InChI is InChI=1S/C37H47N3O3/c1-32(2)15-17-37(40-31(43)39-24-11-9-8-10-12-24)18-16-36(7)29(25(37)21-32)26(41)19-28-34(5)20-23(22-38)30(42)33(3,4)27(34)13-14-35(28,36)6/h8-12,19-20,25,27,29H,13-18,21H2,1-7H3,(H2,39,40,43)/t25?,27-,29?,34-,35+,36+,37?/m0/s1. The molecular formula is C37H47N3O3. The highest BCUT2D eigenvalue weighted by Gasteiger charge is 2.70. The Hall–Kier alpha value is -3.20. The van der Waals surface area contributed by atoms with Crippen molar-refractivity contribution in [3.63, 3.8) is 0 Å². The van der Waals surface area contributed by atoms with Gasteiger partial charge in [0.15, 0.2) is 11.6 Å². The molecule has 0 radical (unpaired) electrons. The first-order valence-corrected chi connectivity index (χ1v) is 16.1. The molecule has 1 aromatic rings. The number of carbonyl (C=O) groups excluding carboxylic acids is 3. The fraction of sp³-hybridized carbons (Fsp3) is 0.622. The van der Waals surface area contributed by atoms with E-state index in [4.69, 9.17) is 0 Å². The largest absolute Gasteiger partial charge is 0.332 e. The van der Waals surface area contributed by atoms with E-state index in [1.807, 2.05) is 56.3 Å². The first-order valence-electron chi connectivity index (χ1n) is 16.1. The fourth-order valence-electron chi connectivity index (χ4n) is 10.8. The fourth-order valence-corrected chi connectivity index (χ4v) is 10.8. The van der Waals surface area contributed by atoms with Crippen molar-refractivity contribution in [2.24, 2.45) is 44.8 Å². The highest BCUT2D eigenvalue weighted by Crippen LogP contribution is 2.73. The van der Waals surface area contributed by atoms with Crippen molar-refractivity contribution in [1.29, 1.82) is 5.26 Å². The maximum absolute atomic E-state index is 14.7. The third-order valence-electron chi connectivity index (χ3n) is 13.3. The average Bonchev–Trinajstić information content (AvgIpc) is 2.93. The predicted octanol–water partition coefficient (Wildman–Crippen LogP) is 7.78. The predicted molar refractivity (Wildman–Crippen MR) is 168 cm³/mol. The number of ketones is 2. The number of hydrogen-bond donors (Lipinski definition) is 2. The van der Waals surface area contributed by atoms with Crippen LogP contribution in [-0.4, -0.2) is 23.1 Å². The summed E-state index contributed by atoms with van der Waals surface area (Å²) >= 11 is 0. The summed E-state index contributed by atoms with van der Waals surface area (Å²) in [5.41, 5.74) is -0.123. The molecule has 0 saturated heterocycles. The average molecular weight is 582 g/mol. The number of hydrogen-bond acceptors (Lipinski definition) is 4. The Morgan fingerprint density at radius 1 is 0.930 bits per heavy atom. The molecule has 3 saturated carbocycles. The van der Waals surface area contributed by atoms with Crippen molar-refractivity contribution >= 4 is 23.3 Å². The van der Waals surface area contributed by atoms with Crippen molar-refractivity contribution in [3.05, 3.63) is 53.6 Å². The Labute approximate surface area is 256 Å². The number of nitriles is 1. The second-order valence-electron chi connectivity index (χ2n) is 16.4. The Morgan fingerprint density at radius 2 is 1.60 bits per heavy atom. The number of nitrogens with one attached hydrogen (secondary N) is 2. The molecule has 2 N–H and O–H groups in total. The quantitative estimate of drug-likeness (QED) is 0.373. The van der Waals surface area contributed by atoms with Crippen LogP contribution in [0.5, 0.6) is 0 Å². The molecule has 6 nitrogen and oxygen atoms in total. The summed E-state index contributed by atoms with van der Waals surface area (Å²) in [6.07, 6.45) is 9.98. The van der Waals surface area contributed by atoms with E-state index in [0.29, 0.717) is 0 Å². The van der Waals surface area contributed by atoms with Crippen molar-refractivity contribution in [1.82, 2.24) is 5.32 Å². The van der Waals surface area contributed by atoms with E-state index >= 15 is 0 Å². The first kappa shape index (κ1) is 29.9. The van der Waals surface area contributed by atoms with Gasteiger partial charge in [-0.05, 0) is 91.2 Å². The summed E-state index contributed by atoms with van der Waals surface area (Å²) in [7, 11) is 0. The molecule has 3 fully saturated rings. The molecule has 2 amide bonds. The van der Waals surface area contributed by atoms with E-state index in [2.05, 4.69) is 51.3 Å². The number of allylic oxidation sites excluding steroid dienone is 4. The second-order valence-corrected chi connectivity index (χ2v) is 16.4. The van der Waals surface area contributed by atoms with Gasteiger partial charge < -0.3 is 10.6 Å². The molecule has 6 heteroatoms. The van der Waals surface area contributed by atoms with E-state index in [9.17, 15) is 19.6 Å². The number of fused-ring (bicyclic) bond motifs is 7. The van der Waals surface area contributed by atoms with Crippen molar-refractivity contribution in [2.75, 3.05) is 5.32 Å². The third-order valence-corrected chi connectivity index (χ3v) is 13.3. The minimum Gasteiger partial charge on any atom is -0.332 e. The molecule has 0 aliphatic heterocycles. The van der Waals surface area contributed by atoms with Crippen LogP contribution < -0.4 is 10.6 Å². The summed E-state index contributed by atoms with van der Waals surface area (Å²) in [5, 5.41) is 16.4. The van der Waals surface area contributed by atoms with E-state index in [1.165, 1.54) is 0 Å². The van der Waals surface area contributed by atoms with Gasteiger partial charge in [0.25, 0.3) is 0 Å².